The molecule has 0 fully saturated rings. The topological polar surface area (TPSA) is 86.0 Å². The molecule has 3 aromatic heterocycles. The Morgan fingerprint density at radius 1 is 0.467 bits per heavy atom. The highest BCUT2D eigenvalue weighted by Crippen LogP contribution is 2.40. The molecule has 0 amide bonds. The smallest absolute Gasteiger partial charge is 0.210 e. The number of nitrogens with zero attached hydrogens (tertiary/aromatic N) is 3. The molecule has 4 aromatic rings. The molecule has 4 rings (SSSR count). The first kappa shape index (κ1) is 23.2. The van der Waals surface area contributed by atoms with Crippen molar-refractivity contribution in [1.82, 2.24) is 29.9 Å². The van der Waals surface area contributed by atoms with Gasteiger partial charge in [-0.3, -0.25) is 15.0 Å². The number of rotatable bonds is 3. The van der Waals surface area contributed by atoms with Crippen LogP contribution in [0.4, 0.5) is 0 Å². The standard InChI is InChI=1S/C18H12N6.6Al/c1-10-13(16-19-4-5-20-16)11(2)15(18-23-8-9-24-18)12(3)14(10)17-21-6-7-22-17;;;;;;/h1-3H3,(H,19,20)(H,21,22)(H,23,24);;;;;;. The van der Waals surface area contributed by atoms with Gasteiger partial charge in [-0.1, -0.05) is 27.3 Å². The first-order valence-corrected chi connectivity index (χ1v) is 12.5. The quantitative estimate of drug-likeness (QED) is 0.270. The van der Waals surface area contributed by atoms with Crippen LogP contribution in [-0.2, 0) is 0 Å². The van der Waals surface area contributed by atoms with Gasteiger partial charge < -0.3 is 15.0 Å². The Balaban J connectivity index is 2.12. The van der Waals surface area contributed by atoms with Crippen molar-refractivity contribution in [1.29, 1.82) is 0 Å². The number of hydrogen-bond donors (Lipinski definition) is 3. The molecule has 30 heavy (non-hydrogen) atoms. The molecule has 3 N–H and O–H groups in total. The van der Waals surface area contributed by atoms with Crippen molar-refractivity contribution < 1.29 is 0 Å². The van der Waals surface area contributed by atoms with Gasteiger partial charge in [0.1, 0.15) is 17.5 Å². The van der Waals surface area contributed by atoms with E-state index in [1.165, 1.54) is 0 Å². The van der Waals surface area contributed by atoms with Gasteiger partial charge in [0.2, 0.25) is 97.7 Å². The number of nitrogens with one attached hydrogen (secondary N) is 3. The highest BCUT2D eigenvalue weighted by Gasteiger charge is 2.24. The van der Waals surface area contributed by atoms with Crippen LogP contribution < -0.4 is 27.3 Å². The summed E-state index contributed by atoms with van der Waals surface area (Å²) in [5.74, 6) is 2.49. The van der Waals surface area contributed by atoms with Crippen LogP contribution in [0.5, 0.6) is 0 Å². The number of imidazole rings is 3. The normalized spacial score (nSPS) is 11.3. The van der Waals surface area contributed by atoms with E-state index in [9.17, 15) is 0 Å². The fraction of sp³-hybridized carbons (Fsp3) is 0.167. The van der Waals surface area contributed by atoms with Crippen LogP contribution in [0.15, 0.2) is 0 Å². The van der Waals surface area contributed by atoms with Crippen LogP contribution in [-0.4, -0.2) is 128 Å². The molecule has 0 atom stereocenters. The zero-order valence-corrected chi connectivity index (χ0v) is 23.7. The number of H-pyrrole nitrogens is 3. The maximum absolute atomic E-state index is 4.76. The van der Waals surface area contributed by atoms with E-state index in [1.54, 1.807) is 0 Å². The Kier molecular flexibility index (Phi) is 6.78. The molecular formula is C18H12Al6N6. The van der Waals surface area contributed by atoms with Gasteiger partial charge in [0.25, 0.3) is 0 Å². The fourth-order valence-corrected chi connectivity index (χ4v) is 5.05. The first-order chi connectivity index (χ1) is 14.1. The molecule has 132 valence electrons. The fourth-order valence-electron chi connectivity index (χ4n) is 3.84. The van der Waals surface area contributed by atoms with Crippen molar-refractivity contribution >= 4 is 125 Å². The summed E-state index contributed by atoms with van der Waals surface area (Å²) in [6.45, 7) is 6.37. The van der Waals surface area contributed by atoms with Gasteiger partial charge in [0.05, 0.1) is 0 Å². The maximum atomic E-state index is 4.76. The molecule has 1 aromatic carbocycles. The summed E-state index contributed by atoms with van der Waals surface area (Å²) in [5.41, 5.74) is 6.52. The Bertz CT molecular complexity index is 1060. The molecule has 3 heterocycles. The van der Waals surface area contributed by atoms with E-state index in [0.717, 1.165) is 78.2 Å². The summed E-state index contributed by atoms with van der Waals surface area (Å²) >= 11 is 16.1. The minimum absolute atomic E-state index is 0.829. The van der Waals surface area contributed by atoms with E-state index in [1.807, 2.05) is 0 Å². The average Bonchev–Trinajstić information content (AvgIpc) is 3.27. The van der Waals surface area contributed by atoms with Crippen molar-refractivity contribution in [3.05, 3.63) is 16.7 Å². The van der Waals surface area contributed by atoms with Crippen molar-refractivity contribution in [3.8, 4) is 34.2 Å². The van der Waals surface area contributed by atoms with Crippen molar-refractivity contribution in [3.63, 3.8) is 0 Å². The molecular weight excluding hydrogens is 462 g/mol. The predicted octanol–water partition coefficient (Wildman–Crippen LogP) is -3.46. The summed E-state index contributed by atoms with van der Waals surface area (Å²) in [5, 5.41) is 0. The lowest BCUT2D eigenvalue weighted by Crippen LogP contribution is -2.24. The Hall–Kier alpha value is 0.0448. The van der Waals surface area contributed by atoms with Gasteiger partial charge >= 0.3 is 0 Å². The zero-order chi connectivity index (χ0) is 21.9. The lowest BCUT2D eigenvalue weighted by molar-refractivity contribution is 1.20. The number of benzene rings is 1. The third-order valence-corrected chi connectivity index (χ3v) is 8.88. The molecule has 12 heteroatoms. The monoisotopic (exact) mass is 474 g/mol. The van der Waals surface area contributed by atoms with Gasteiger partial charge in [-0.25, -0.2) is 0 Å². The number of aromatic amines is 3. The van der Waals surface area contributed by atoms with Crippen molar-refractivity contribution in [2.75, 3.05) is 0 Å². The SMILES string of the molecule is Cc1c(-c2n[c]([Al])[c]([Al])[nH]2)c(C)c(-c2n[c]([Al])[c]([Al])[nH]2)c(C)c1-c1n[c]([Al])[c]([Al])[nH]1. The molecule has 0 aliphatic rings. The molecule has 0 spiro atoms. The third kappa shape index (κ3) is 3.95. The van der Waals surface area contributed by atoms with Crippen molar-refractivity contribution in [2.24, 2.45) is 0 Å². The van der Waals surface area contributed by atoms with Crippen LogP contribution >= 0.6 is 0 Å². The molecule has 0 aliphatic heterocycles. The molecule has 0 saturated heterocycles. The molecule has 12 radical (unpaired) electrons. The number of hydrogen-bond acceptors (Lipinski definition) is 3. The van der Waals surface area contributed by atoms with E-state index < -0.39 is 0 Å². The largest absolute Gasteiger partial charge is 0.362 e. The van der Waals surface area contributed by atoms with Gasteiger partial charge in [-0.2, -0.15) is 0 Å². The maximum Gasteiger partial charge on any atom is 0.210 e. The predicted molar refractivity (Wildman–Crippen MR) is 126 cm³/mol. The van der Waals surface area contributed by atoms with Crippen LogP contribution in [0, 0.1) is 20.8 Å². The molecule has 6 nitrogen and oxygen atoms in total. The average molecular weight is 474 g/mol. The van der Waals surface area contributed by atoms with Gasteiger partial charge in [-0.15, -0.1) is 0 Å². The highest BCUT2D eigenvalue weighted by molar-refractivity contribution is 6.47. The van der Waals surface area contributed by atoms with E-state index >= 15 is 0 Å². The zero-order valence-electron chi connectivity index (χ0n) is 16.8. The van der Waals surface area contributed by atoms with Crippen molar-refractivity contribution in [2.45, 2.75) is 20.8 Å². The van der Waals surface area contributed by atoms with E-state index in [4.69, 9.17) is 15.0 Å². The Morgan fingerprint density at radius 2 is 0.700 bits per heavy atom. The second-order valence-corrected chi connectivity index (χ2v) is 10.5. The van der Waals surface area contributed by atoms with Crippen LogP contribution in [0.3, 0.4) is 0 Å². The Labute approximate surface area is 224 Å². The van der Waals surface area contributed by atoms with Gasteiger partial charge in [0.15, 0.2) is 0 Å². The second kappa shape index (κ2) is 8.77. The van der Waals surface area contributed by atoms with Crippen LogP contribution in [0.25, 0.3) is 34.2 Å². The van der Waals surface area contributed by atoms with Crippen LogP contribution in [0.1, 0.15) is 16.7 Å². The van der Waals surface area contributed by atoms with E-state index in [2.05, 4.69) is 133 Å². The molecule has 0 aliphatic carbocycles. The summed E-state index contributed by atoms with van der Waals surface area (Å²) in [6.07, 6.45) is 0. The third-order valence-electron chi connectivity index (χ3n) is 5.24. The summed E-state index contributed by atoms with van der Waals surface area (Å²) in [4.78, 5) is 24.5. The summed E-state index contributed by atoms with van der Waals surface area (Å²) < 4.78 is 5.50. The number of aromatic nitrogens is 6. The minimum atomic E-state index is 0.829. The summed E-state index contributed by atoms with van der Waals surface area (Å²) in [6, 6.07) is 0. The van der Waals surface area contributed by atoms with Gasteiger partial charge in [0, 0.05) is 16.7 Å². The molecule has 0 saturated carbocycles. The minimum Gasteiger partial charge on any atom is -0.362 e. The second-order valence-electron chi connectivity index (χ2n) is 7.15. The molecule has 0 unspecified atom stereocenters. The highest BCUT2D eigenvalue weighted by atomic mass is 27.1. The molecule has 0 bridgehead atoms. The first-order valence-electron chi connectivity index (χ1n) is 9.07. The van der Waals surface area contributed by atoms with E-state index in [0.29, 0.717) is 0 Å². The van der Waals surface area contributed by atoms with E-state index in [-0.39, 0.29) is 0 Å². The Morgan fingerprint density at radius 3 is 0.867 bits per heavy atom. The van der Waals surface area contributed by atoms with Gasteiger partial charge in [-0.05, 0) is 37.5 Å². The lowest BCUT2D eigenvalue weighted by Gasteiger charge is -2.20. The summed E-state index contributed by atoms with van der Waals surface area (Å²) in [7, 11) is 0. The lowest BCUT2D eigenvalue weighted by atomic mass is 9.87. The van der Waals surface area contributed by atoms with Crippen LogP contribution in [0.2, 0.25) is 0 Å².